The largest absolute Gasteiger partial charge is 0.489 e. The van der Waals surface area contributed by atoms with Gasteiger partial charge in [-0.25, -0.2) is 0 Å². The maximum Gasteiger partial charge on any atom is 0.150 e. The second kappa shape index (κ2) is 5.75. The van der Waals surface area contributed by atoms with Gasteiger partial charge in [0.15, 0.2) is 0 Å². The van der Waals surface area contributed by atoms with Crippen molar-refractivity contribution in [1.82, 2.24) is 0 Å². The standard InChI is InChI=1S/C15H19ClO2/c1-10-3-5-13(7-11(10)2)18-15-6-4-12(9-17)8-14(15)16/h4,6,8-11,13H,3,5,7H2,1-2H3. The average molecular weight is 267 g/mol. The quantitative estimate of drug-likeness (QED) is 0.760. The number of carbonyl (C=O) groups excluding carboxylic acids is 1. The molecular weight excluding hydrogens is 248 g/mol. The first-order valence-corrected chi connectivity index (χ1v) is 6.89. The molecular formula is C15H19ClO2. The Morgan fingerprint density at radius 2 is 2.06 bits per heavy atom. The summed E-state index contributed by atoms with van der Waals surface area (Å²) in [5, 5.41) is 0.519. The highest BCUT2D eigenvalue weighted by molar-refractivity contribution is 6.32. The van der Waals surface area contributed by atoms with Gasteiger partial charge in [0.05, 0.1) is 11.1 Å². The van der Waals surface area contributed by atoms with Gasteiger partial charge < -0.3 is 4.74 Å². The van der Waals surface area contributed by atoms with Crippen LogP contribution in [0.1, 0.15) is 43.5 Å². The molecule has 1 aliphatic carbocycles. The third-order valence-corrected chi connectivity index (χ3v) is 4.23. The van der Waals surface area contributed by atoms with Gasteiger partial charge in [-0.1, -0.05) is 25.4 Å². The van der Waals surface area contributed by atoms with E-state index >= 15 is 0 Å². The van der Waals surface area contributed by atoms with Crippen LogP contribution in [0, 0.1) is 11.8 Å². The van der Waals surface area contributed by atoms with Crippen molar-refractivity contribution in [3.63, 3.8) is 0 Å². The molecule has 3 unspecified atom stereocenters. The number of rotatable bonds is 3. The van der Waals surface area contributed by atoms with Crippen LogP contribution in [0.3, 0.4) is 0 Å². The van der Waals surface area contributed by atoms with E-state index in [2.05, 4.69) is 13.8 Å². The molecule has 0 amide bonds. The molecule has 3 atom stereocenters. The van der Waals surface area contributed by atoms with E-state index in [0.29, 0.717) is 22.3 Å². The van der Waals surface area contributed by atoms with Crippen molar-refractivity contribution < 1.29 is 9.53 Å². The fraction of sp³-hybridized carbons (Fsp3) is 0.533. The molecule has 1 aromatic carbocycles. The van der Waals surface area contributed by atoms with Crippen LogP contribution in [-0.2, 0) is 0 Å². The molecule has 3 heteroatoms. The first-order chi connectivity index (χ1) is 8.60. The van der Waals surface area contributed by atoms with Crippen molar-refractivity contribution in [2.75, 3.05) is 0 Å². The van der Waals surface area contributed by atoms with Crippen molar-refractivity contribution in [3.8, 4) is 5.75 Å². The highest BCUT2D eigenvalue weighted by atomic mass is 35.5. The summed E-state index contributed by atoms with van der Waals surface area (Å²) in [4.78, 5) is 10.6. The Morgan fingerprint density at radius 1 is 1.28 bits per heavy atom. The second-order valence-electron chi connectivity index (χ2n) is 5.32. The van der Waals surface area contributed by atoms with Gasteiger partial charge in [0.2, 0.25) is 0 Å². The van der Waals surface area contributed by atoms with Crippen LogP contribution < -0.4 is 4.74 Å². The molecule has 18 heavy (non-hydrogen) atoms. The minimum Gasteiger partial charge on any atom is -0.489 e. The predicted molar refractivity (Wildman–Crippen MR) is 73.4 cm³/mol. The molecule has 2 nitrogen and oxygen atoms in total. The van der Waals surface area contributed by atoms with E-state index in [9.17, 15) is 4.79 Å². The Balaban J connectivity index is 2.03. The van der Waals surface area contributed by atoms with Crippen LogP contribution in [0.15, 0.2) is 18.2 Å². The zero-order valence-corrected chi connectivity index (χ0v) is 11.6. The molecule has 0 heterocycles. The van der Waals surface area contributed by atoms with Crippen LogP contribution in [0.25, 0.3) is 0 Å². The number of aldehydes is 1. The predicted octanol–water partition coefficient (Wildman–Crippen LogP) is 4.36. The third kappa shape index (κ3) is 3.05. The molecule has 1 fully saturated rings. The fourth-order valence-corrected chi connectivity index (χ4v) is 2.70. The van der Waals surface area contributed by atoms with Crippen LogP contribution in [0.2, 0.25) is 5.02 Å². The molecule has 98 valence electrons. The van der Waals surface area contributed by atoms with E-state index < -0.39 is 0 Å². The number of ether oxygens (including phenoxy) is 1. The Morgan fingerprint density at radius 3 is 2.67 bits per heavy atom. The zero-order chi connectivity index (χ0) is 13.1. The van der Waals surface area contributed by atoms with Gasteiger partial charge in [0.25, 0.3) is 0 Å². The summed E-state index contributed by atoms with van der Waals surface area (Å²) in [6, 6.07) is 5.18. The van der Waals surface area contributed by atoms with Crippen LogP contribution in [0.5, 0.6) is 5.75 Å². The van der Waals surface area contributed by atoms with Crippen LogP contribution in [0.4, 0.5) is 0 Å². The van der Waals surface area contributed by atoms with Crippen molar-refractivity contribution in [1.29, 1.82) is 0 Å². The first-order valence-electron chi connectivity index (χ1n) is 6.51. The number of hydrogen-bond donors (Lipinski definition) is 0. The van der Waals surface area contributed by atoms with E-state index in [4.69, 9.17) is 16.3 Å². The van der Waals surface area contributed by atoms with Crippen LogP contribution >= 0.6 is 11.6 Å². The lowest BCUT2D eigenvalue weighted by molar-refractivity contribution is 0.101. The van der Waals surface area contributed by atoms with Crippen molar-refractivity contribution >= 4 is 17.9 Å². The van der Waals surface area contributed by atoms with Crippen molar-refractivity contribution in [3.05, 3.63) is 28.8 Å². The Kier molecular flexibility index (Phi) is 4.28. The molecule has 0 radical (unpaired) electrons. The maximum atomic E-state index is 10.6. The molecule has 0 bridgehead atoms. The lowest BCUT2D eigenvalue weighted by Gasteiger charge is -2.32. The summed E-state index contributed by atoms with van der Waals surface area (Å²) in [6.07, 6.45) is 4.40. The first kappa shape index (κ1) is 13.4. The van der Waals surface area contributed by atoms with E-state index in [1.165, 1.54) is 6.42 Å². The lowest BCUT2D eigenvalue weighted by atomic mass is 9.80. The summed E-state index contributed by atoms with van der Waals surface area (Å²) in [5.41, 5.74) is 0.581. The number of carbonyl (C=O) groups is 1. The van der Waals surface area contributed by atoms with Crippen LogP contribution in [-0.4, -0.2) is 12.4 Å². The summed E-state index contributed by atoms with van der Waals surface area (Å²) in [6.45, 7) is 4.57. The van der Waals surface area contributed by atoms with Gasteiger partial charge in [0.1, 0.15) is 12.0 Å². The lowest BCUT2D eigenvalue weighted by Crippen LogP contribution is -2.28. The van der Waals surface area contributed by atoms with Gasteiger partial charge in [-0.3, -0.25) is 4.79 Å². The molecule has 1 aromatic rings. The minimum absolute atomic E-state index is 0.246. The third-order valence-electron chi connectivity index (χ3n) is 3.94. The summed E-state index contributed by atoms with van der Waals surface area (Å²) in [7, 11) is 0. The normalized spacial score (nSPS) is 27.8. The summed E-state index contributed by atoms with van der Waals surface area (Å²) in [5.74, 6) is 2.16. The SMILES string of the molecule is CC1CCC(Oc2ccc(C=O)cc2Cl)CC1C. The molecule has 2 rings (SSSR count). The van der Waals surface area contributed by atoms with Crippen molar-refractivity contribution in [2.24, 2.45) is 11.8 Å². The smallest absolute Gasteiger partial charge is 0.150 e. The van der Waals surface area contributed by atoms with Gasteiger partial charge in [-0.2, -0.15) is 0 Å². The summed E-state index contributed by atoms with van der Waals surface area (Å²) < 4.78 is 5.96. The van der Waals surface area contributed by atoms with E-state index in [1.807, 2.05) is 0 Å². The van der Waals surface area contributed by atoms with Gasteiger partial charge in [-0.05, 0) is 49.3 Å². The molecule has 1 aliphatic rings. The van der Waals surface area contributed by atoms with E-state index in [-0.39, 0.29) is 6.10 Å². The Labute approximate surface area is 113 Å². The van der Waals surface area contributed by atoms with Crippen molar-refractivity contribution in [2.45, 2.75) is 39.2 Å². The van der Waals surface area contributed by atoms with Gasteiger partial charge in [-0.15, -0.1) is 0 Å². The van der Waals surface area contributed by atoms with E-state index in [1.54, 1.807) is 18.2 Å². The van der Waals surface area contributed by atoms with Gasteiger partial charge in [0, 0.05) is 5.56 Å². The second-order valence-corrected chi connectivity index (χ2v) is 5.72. The molecule has 0 saturated heterocycles. The maximum absolute atomic E-state index is 10.6. The minimum atomic E-state index is 0.246. The molecule has 0 spiro atoms. The topological polar surface area (TPSA) is 26.3 Å². The average Bonchev–Trinajstić information content (AvgIpc) is 2.36. The molecule has 0 aliphatic heterocycles. The monoisotopic (exact) mass is 266 g/mol. The van der Waals surface area contributed by atoms with Gasteiger partial charge >= 0.3 is 0 Å². The Hall–Kier alpha value is -1.02. The van der Waals surface area contributed by atoms with E-state index in [0.717, 1.165) is 25.0 Å². The molecule has 0 aromatic heterocycles. The Bertz CT molecular complexity index is 431. The number of benzene rings is 1. The zero-order valence-electron chi connectivity index (χ0n) is 10.9. The fourth-order valence-electron chi connectivity index (χ4n) is 2.47. The summed E-state index contributed by atoms with van der Waals surface area (Å²) >= 11 is 6.11. The molecule has 0 N–H and O–H groups in total. The molecule has 1 saturated carbocycles. The number of hydrogen-bond acceptors (Lipinski definition) is 2. The highest BCUT2D eigenvalue weighted by Crippen LogP contribution is 2.34. The number of halogens is 1. The highest BCUT2D eigenvalue weighted by Gasteiger charge is 2.26.